The normalized spacial score (nSPS) is 12.7. The van der Waals surface area contributed by atoms with E-state index in [1.807, 2.05) is 43.3 Å². The summed E-state index contributed by atoms with van der Waals surface area (Å²) in [6, 6.07) is 16.2. The summed E-state index contributed by atoms with van der Waals surface area (Å²) in [4.78, 5) is 24.4. The van der Waals surface area contributed by atoms with E-state index in [0.29, 0.717) is 43.9 Å². The van der Waals surface area contributed by atoms with E-state index >= 15 is 0 Å². The Morgan fingerprint density at radius 2 is 1.84 bits per heavy atom. The van der Waals surface area contributed by atoms with E-state index in [2.05, 4.69) is 61.4 Å². The number of aliphatic imine (C=N–C) groups is 1. The summed E-state index contributed by atoms with van der Waals surface area (Å²) in [6.45, 7) is 2.95. The number of benzene rings is 2. The van der Waals surface area contributed by atoms with Crippen LogP contribution in [0, 0.1) is 0 Å². The van der Waals surface area contributed by atoms with Gasteiger partial charge in [0.25, 0.3) is 0 Å². The molecule has 0 saturated carbocycles. The molecule has 0 bridgehead atoms. The van der Waals surface area contributed by atoms with Gasteiger partial charge >= 0.3 is 5.97 Å². The zero-order valence-corrected chi connectivity index (χ0v) is 25.8. The van der Waals surface area contributed by atoms with Gasteiger partial charge < -0.3 is 20.8 Å². The summed E-state index contributed by atoms with van der Waals surface area (Å²) in [5, 5.41) is 14.8. The lowest BCUT2D eigenvalue weighted by molar-refractivity contribution is -0.155. The molecule has 0 unspecified atom stereocenters. The van der Waals surface area contributed by atoms with Gasteiger partial charge in [-0.1, -0.05) is 73.5 Å². The van der Waals surface area contributed by atoms with Crippen molar-refractivity contribution in [3.63, 3.8) is 0 Å². The third kappa shape index (κ3) is 6.86. The first-order valence-corrected chi connectivity index (χ1v) is 14.6. The molecule has 228 valence electrons. The highest BCUT2D eigenvalue weighted by molar-refractivity contribution is 6.30. The number of H-pyrrole nitrogens is 1. The van der Waals surface area contributed by atoms with Crippen LogP contribution in [0.5, 0.6) is 0 Å². The molecule has 4 rings (SSSR count). The lowest BCUT2D eigenvalue weighted by Crippen LogP contribution is -2.51. The number of halogens is 1. The Hall–Kier alpha value is -4.29. The van der Waals surface area contributed by atoms with Gasteiger partial charge in [-0.3, -0.25) is 9.89 Å². The standard InChI is InChI=1S/C30H39ClN10O2/c1-5-6-12-24-35-26(31)25(30(40(2)3,28(42)43-4)17-9-18-34-29(32)33)41(24)19-20-13-15-21(16-14-20)22-10-7-8-11-23(22)27-36-38-39-37-27/h7-8,10-11,13-16H,5-6,9,12,17-19H2,1-4H3,(H4,32,33,34)(H,36,37,38,39)/t30-/m1/s1. The summed E-state index contributed by atoms with van der Waals surface area (Å²) in [6.07, 6.45) is 3.52. The number of nitrogens with two attached hydrogens (primary N) is 2. The molecular weight excluding hydrogens is 568 g/mol. The minimum Gasteiger partial charge on any atom is -0.467 e. The molecule has 2 aromatic carbocycles. The van der Waals surface area contributed by atoms with Gasteiger partial charge in [0, 0.05) is 25.1 Å². The second kappa shape index (κ2) is 14.3. The van der Waals surface area contributed by atoms with E-state index in [1.54, 1.807) is 0 Å². The Morgan fingerprint density at radius 3 is 2.44 bits per heavy atom. The van der Waals surface area contributed by atoms with Gasteiger partial charge in [0.15, 0.2) is 16.7 Å². The van der Waals surface area contributed by atoms with Gasteiger partial charge in [0.2, 0.25) is 5.82 Å². The van der Waals surface area contributed by atoms with Crippen LogP contribution >= 0.6 is 11.6 Å². The maximum Gasteiger partial charge on any atom is 0.332 e. The summed E-state index contributed by atoms with van der Waals surface area (Å²) in [5.74, 6) is 0.913. The highest BCUT2D eigenvalue weighted by Crippen LogP contribution is 2.39. The van der Waals surface area contributed by atoms with Gasteiger partial charge in [0.05, 0.1) is 12.8 Å². The van der Waals surface area contributed by atoms with E-state index in [9.17, 15) is 4.79 Å². The Labute approximate surface area is 256 Å². The van der Waals surface area contributed by atoms with Crippen molar-refractivity contribution in [1.29, 1.82) is 0 Å². The maximum atomic E-state index is 13.6. The second-order valence-electron chi connectivity index (χ2n) is 10.5. The van der Waals surface area contributed by atoms with Gasteiger partial charge in [-0.2, -0.15) is 5.21 Å². The quantitative estimate of drug-likeness (QED) is 0.0838. The van der Waals surface area contributed by atoms with Crippen LogP contribution in [0.15, 0.2) is 53.5 Å². The van der Waals surface area contributed by atoms with Crippen LogP contribution < -0.4 is 11.5 Å². The lowest BCUT2D eigenvalue weighted by Gasteiger charge is -2.38. The Morgan fingerprint density at radius 1 is 1.12 bits per heavy atom. The number of tetrazole rings is 1. The average molecular weight is 607 g/mol. The van der Waals surface area contributed by atoms with Crippen molar-refractivity contribution in [2.75, 3.05) is 27.7 Å². The fourth-order valence-electron chi connectivity index (χ4n) is 5.38. The number of nitrogens with one attached hydrogen (secondary N) is 1. The Bertz CT molecular complexity index is 1530. The highest BCUT2D eigenvalue weighted by Gasteiger charge is 2.48. The molecular formula is C30H39ClN10O2. The number of ether oxygens (including phenoxy) is 1. The van der Waals surface area contributed by atoms with E-state index in [0.717, 1.165) is 40.9 Å². The molecule has 43 heavy (non-hydrogen) atoms. The summed E-state index contributed by atoms with van der Waals surface area (Å²) in [5.41, 5.74) is 14.4. The molecule has 13 heteroatoms. The summed E-state index contributed by atoms with van der Waals surface area (Å²) < 4.78 is 7.45. The predicted molar refractivity (Wildman–Crippen MR) is 167 cm³/mol. The highest BCUT2D eigenvalue weighted by atomic mass is 35.5. The van der Waals surface area contributed by atoms with Crippen LogP contribution in [0.4, 0.5) is 0 Å². The molecule has 0 saturated heterocycles. The molecule has 5 N–H and O–H groups in total. The van der Waals surface area contributed by atoms with Crippen LogP contribution in [-0.4, -0.2) is 74.8 Å². The number of aromatic amines is 1. The van der Waals surface area contributed by atoms with Crippen molar-refractivity contribution >= 4 is 23.5 Å². The lowest BCUT2D eigenvalue weighted by atomic mass is 9.87. The second-order valence-corrected chi connectivity index (χ2v) is 10.8. The van der Waals surface area contributed by atoms with Crippen molar-refractivity contribution in [1.82, 2.24) is 35.1 Å². The number of likely N-dealkylation sites (N-methyl/N-ethyl adjacent to an activating group) is 1. The van der Waals surface area contributed by atoms with E-state index in [-0.39, 0.29) is 11.1 Å². The molecule has 2 heterocycles. The first-order chi connectivity index (χ1) is 20.7. The molecule has 0 aliphatic rings. The van der Waals surface area contributed by atoms with Gasteiger partial charge in [-0.25, -0.2) is 9.78 Å². The molecule has 0 spiro atoms. The van der Waals surface area contributed by atoms with Crippen LogP contribution in [0.25, 0.3) is 22.5 Å². The van der Waals surface area contributed by atoms with Crippen LogP contribution in [-0.2, 0) is 28.0 Å². The van der Waals surface area contributed by atoms with E-state index in [1.165, 1.54) is 7.11 Å². The number of guanidine groups is 1. The van der Waals surface area contributed by atoms with Gasteiger partial charge in [0.1, 0.15) is 5.82 Å². The van der Waals surface area contributed by atoms with Crippen LogP contribution in [0.1, 0.15) is 49.7 Å². The molecule has 2 aromatic heterocycles. The van der Waals surface area contributed by atoms with Crippen molar-refractivity contribution in [3.05, 3.63) is 70.8 Å². The molecule has 0 fully saturated rings. The number of esters is 1. The van der Waals surface area contributed by atoms with Crippen molar-refractivity contribution in [2.45, 2.75) is 51.1 Å². The molecule has 0 aliphatic heterocycles. The van der Waals surface area contributed by atoms with Crippen molar-refractivity contribution in [2.24, 2.45) is 16.5 Å². The SMILES string of the molecule is CCCCc1nc(Cl)c([C@](CCCN=C(N)N)(C(=O)OC)N(C)C)n1Cc1ccc(-c2ccccc2-c2nn[nH]n2)cc1. The number of rotatable bonds is 14. The molecule has 0 aliphatic carbocycles. The zero-order chi connectivity index (χ0) is 31.0. The zero-order valence-electron chi connectivity index (χ0n) is 25.0. The van der Waals surface area contributed by atoms with Crippen LogP contribution in [0.3, 0.4) is 0 Å². The van der Waals surface area contributed by atoms with E-state index < -0.39 is 11.5 Å². The fraction of sp³-hybridized carbons (Fsp3) is 0.400. The third-order valence-corrected chi connectivity index (χ3v) is 7.81. The molecule has 4 aromatic rings. The number of methoxy groups -OCH3 is 1. The monoisotopic (exact) mass is 606 g/mol. The number of hydrogen-bond acceptors (Lipinski definition) is 8. The number of imidazole rings is 1. The number of aryl methyl sites for hydroxylation is 1. The number of hydrogen-bond donors (Lipinski definition) is 3. The smallest absolute Gasteiger partial charge is 0.332 e. The Kier molecular flexibility index (Phi) is 10.5. The average Bonchev–Trinajstić information content (AvgIpc) is 3.64. The molecule has 0 radical (unpaired) electrons. The number of aromatic nitrogens is 6. The first kappa shape index (κ1) is 31.6. The third-order valence-electron chi connectivity index (χ3n) is 7.55. The van der Waals surface area contributed by atoms with Crippen molar-refractivity contribution in [3.8, 4) is 22.5 Å². The number of unbranched alkanes of at least 4 members (excludes halogenated alkanes) is 1. The maximum absolute atomic E-state index is 13.6. The number of carbonyl (C=O) groups is 1. The van der Waals surface area contributed by atoms with Gasteiger partial charge in [-0.15, -0.1) is 10.2 Å². The molecule has 0 amide bonds. The van der Waals surface area contributed by atoms with Crippen molar-refractivity contribution < 1.29 is 9.53 Å². The summed E-state index contributed by atoms with van der Waals surface area (Å²) in [7, 11) is 5.06. The summed E-state index contributed by atoms with van der Waals surface area (Å²) >= 11 is 6.91. The van der Waals surface area contributed by atoms with Crippen LogP contribution in [0.2, 0.25) is 5.15 Å². The predicted octanol–water partition coefficient (Wildman–Crippen LogP) is 3.76. The largest absolute Gasteiger partial charge is 0.467 e. The minimum atomic E-state index is -1.22. The number of nitrogens with zero attached hydrogens (tertiary/aromatic N) is 7. The Balaban J connectivity index is 1.76. The molecule has 12 nitrogen and oxygen atoms in total. The first-order valence-electron chi connectivity index (χ1n) is 14.2. The number of carbonyl (C=O) groups excluding carboxylic acids is 1. The topological polar surface area (TPSA) is 166 Å². The molecule has 1 atom stereocenters. The minimum absolute atomic E-state index is 0.00168. The fourth-order valence-corrected chi connectivity index (χ4v) is 5.74. The van der Waals surface area contributed by atoms with E-state index in [4.69, 9.17) is 32.8 Å². The van der Waals surface area contributed by atoms with Gasteiger partial charge in [-0.05, 0) is 55.3 Å².